The van der Waals surface area contributed by atoms with Gasteiger partial charge in [0, 0.05) is 30.7 Å². The summed E-state index contributed by atoms with van der Waals surface area (Å²) in [6.45, 7) is 5.45. The first kappa shape index (κ1) is 33.0. The maximum atomic E-state index is 14.9. The Morgan fingerprint density at radius 3 is 2.29 bits per heavy atom. The number of ketones is 1. The quantitative estimate of drug-likeness (QED) is 0.0756. The van der Waals surface area contributed by atoms with Gasteiger partial charge >= 0.3 is 5.97 Å². The zero-order chi connectivity index (χ0) is 36.9. The molecular formula is C40H34O12. The number of carbonyl (C=O) groups is 2. The van der Waals surface area contributed by atoms with Crippen molar-refractivity contribution in [2.75, 3.05) is 0 Å². The van der Waals surface area contributed by atoms with Crippen molar-refractivity contribution in [3.63, 3.8) is 0 Å². The molecule has 2 bridgehead atoms. The molecule has 2 unspecified atom stereocenters. The van der Waals surface area contributed by atoms with Crippen LogP contribution in [0.3, 0.4) is 0 Å². The number of Topliss-reactive ketones (excluding diaryl/α,β-unsaturated/α-hetero) is 1. The lowest BCUT2D eigenvalue weighted by Gasteiger charge is -2.44. The topological polar surface area (TPSA) is 192 Å². The van der Waals surface area contributed by atoms with Crippen LogP contribution < -0.4 is 18.9 Å². The van der Waals surface area contributed by atoms with E-state index in [4.69, 9.17) is 18.9 Å². The van der Waals surface area contributed by atoms with Crippen molar-refractivity contribution in [1.82, 2.24) is 0 Å². The van der Waals surface area contributed by atoms with E-state index in [0.717, 1.165) is 17.2 Å². The van der Waals surface area contributed by atoms with Crippen LogP contribution in [0, 0.1) is 0 Å². The molecule has 4 atom stereocenters. The van der Waals surface area contributed by atoms with Crippen molar-refractivity contribution in [3.8, 4) is 51.7 Å². The summed E-state index contributed by atoms with van der Waals surface area (Å²) in [5.41, 5.74) is -1.59. The lowest BCUT2D eigenvalue weighted by Crippen LogP contribution is -2.62. The van der Waals surface area contributed by atoms with Gasteiger partial charge in [-0.3, -0.25) is 4.79 Å². The molecule has 4 aliphatic rings. The number of phenolic OH excluding ortho intramolecular Hbond substituents is 5. The van der Waals surface area contributed by atoms with Gasteiger partial charge in [-0.25, -0.2) is 4.79 Å². The molecule has 0 radical (unpaired) electrons. The predicted octanol–water partition coefficient (Wildman–Crippen LogP) is 6.45. The third kappa shape index (κ3) is 4.85. The van der Waals surface area contributed by atoms with E-state index >= 15 is 0 Å². The number of esters is 1. The number of carbonyl (C=O) groups excluding carboxylic acids is 2. The van der Waals surface area contributed by atoms with Gasteiger partial charge in [-0.05, 0) is 87.1 Å². The van der Waals surface area contributed by atoms with Gasteiger partial charge in [0.2, 0.25) is 11.4 Å². The Morgan fingerprint density at radius 1 is 0.865 bits per heavy atom. The second-order valence-electron chi connectivity index (χ2n) is 14.1. The summed E-state index contributed by atoms with van der Waals surface area (Å²) >= 11 is 0. The third-order valence-electron chi connectivity index (χ3n) is 10.1. The molecular weight excluding hydrogens is 672 g/mol. The van der Waals surface area contributed by atoms with Crippen LogP contribution in [-0.2, 0) is 5.79 Å². The molecule has 4 aromatic rings. The first-order valence-corrected chi connectivity index (χ1v) is 16.6. The minimum absolute atomic E-state index is 0.00225. The smallest absolute Gasteiger partial charge is 0.347 e. The molecule has 0 saturated heterocycles. The zero-order valence-electron chi connectivity index (χ0n) is 28.3. The third-order valence-corrected chi connectivity index (χ3v) is 10.1. The van der Waals surface area contributed by atoms with Crippen LogP contribution in [0.15, 0.2) is 78.4 Å². The minimum Gasteiger partial charge on any atom is -0.508 e. The van der Waals surface area contributed by atoms with Crippen molar-refractivity contribution in [3.05, 3.63) is 106 Å². The fourth-order valence-electron chi connectivity index (χ4n) is 7.81. The molecule has 3 heterocycles. The highest BCUT2D eigenvalue weighted by molar-refractivity contribution is 6.11. The average molecular weight is 707 g/mol. The highest BCUT2D eigenvalue weighted by Gasteiger charge is 2.70. The van der Waals surface area contributed by atoms with Crippen LogP contribution in [-0.4, -0.2) is 53.6 Å². The molecule has 12 heteroatoms. The highest BCUT2D eigenvalue weighted by atomic mass is 16.7. The molecule has 4 aromatic carbocycles. The molecule has 3 aliphatic heterocycles. The Labute approximate surface area is 297 Å². The Bertz CT molecular complexity index is 2300. The van der Waals surface area contributed by atoms with Gasteiger partial charge in [-0.1, -0.05) is 17.7 Å². The number of benzene rings is 4. The van der Waals surface area contributed by atoms with Crippen molar-refractivity contribution in [2.45, 2.75) is 62.9 Å². The molecule has 0 saturated carbocycles. The van der Waals surface area contributed by atoms with Gasteiger partial charge in [-0.2, -0.15) is 0 Å². The van der Waals surface area contributed by atoms with E-state index in [1.54, 1.807) is 24.3 Å². The molecule has 6 N–H and O–H groups in total. The standard InChI is InChI=1S/C40H34O12/c1-19(2)10-11-39-36(46)34-32(52-40(39,48)27-9-6-24(43)15-30(27)51-39)16-31(49-37(47)26-8-5-22(41)13-28(26)44)33(35(34)45)21-12-20-17-38(3,18-21)50-29-14-23(42)4-7-25(20)29/h4-10,13-16,18,20,41-45,48H,11-12,17H2,1-3H3/t20-,38-,39?,40?/m0/s1. The predicted molar refractivity (Wildman–Crippen MR) is 184 cm³/mol. The van der Waals surface area contributed by atoms with Gasteiger partial charge in [-0.15, -0.1) is 0 Å². The summed E-state index contributed by atoms with van der Waals surface area (Å²) in [6.07, 6.45) is 4.13. The zero-order valence-corrected chi connectivity index (χ0v) is 28.3. The van der Waals surface area contributed by atoms with Crippen molar-refractivity contribution in [1.29, 1.82) is 0 Å². The monoisotopic (exact) mass is 706 g/mol. The second kappa shape index (κ2) is 11.2. The summed E-state index contributed by atoms with van der Waals surface area (Å²) in [5, 5.41) is 65.3. The molecule has 0 fully saturated rings. The Hall–Kier alpha value is -6.14. The number of aromatic hydroxyl groups is 5. The van der Waals surface area contributed by atoms with Crippen molar-refractivity contribution < 1.29 is 59.2 Å². The van der Waals surface area contributed by atoms with Crippen LogP contribution in [0.25, 0.3) is 5.57 Å². The largest absolute Gasteiger partial charge is 0.508 e. The fraction of sp³-hybridized carbons (Fsp3) is 0.250. The highest BCUT2D eigenvalue weighted by Crippen LogP contribution is 2.60. The van der Waals surface area contributed by atoms with E-state index in [2.05, 4.69) is 0 Å². The number of rotatable bonds is 5. The van der Waals surface area contributed by atoms with E-state index in [0.29, 0.717) is 24.2 Å². The maximum Gasteiger partial charge on any atom is 0.347 e. The number of hydrogen-bond acceptors (Lipinski definition) is 12. The first-order valence-electron chi connectivity index (χ1n) is 16.6. The Morgan fingerprint density at radius 2 is 1.56 bits per heavy atom. The van der Waals surface area contributed by atoms with E-state index < -0.39 is 40.2 Å². The van der Waals surface area contributed by atoms with Gasteiger partial charge in [0.15, 0.2) is 0 Å². The van der Waals surface area contributed by atoms with Crippen LogP contribution >= 0.6 is 0 Å². The van der Waals surface area contributed by atoms with E-state index in [1.807, 2.05) is 20.8 Å². The van der Waals surface area contributed by atoms with Gasteiger partial charge in [0.1, 0.15) is 68.5 Å². The lowest BCUT2D eigenvalue weighted by molar-refractivity contribution is -0.221. The van der Waals surface area contributed by atoms with E-state index in [9.17, 15) is 40.2 Å². The van der Waals surface area contributed by atoms with E-state index in [1.165, 1.54) is 42.5 Å². The molecule has 0 amide bonds. The van der Waals surface area contributed by atoms with Crippen molar-refractivity contribution >= 4 is 17.3 Å². The number of ether oxygens (including phenoxy) is 4. The molecule has 0 spiro atoms. The van der Waals surface area contributed by atoms with Crippen LogP contribution in [0.5, 0.6) is 51.7 Å². The number of aliphatic hydroxyl groups is 1. The summed E-state index contributed by atoms with van der Waals surface area (Å²) in [4.78, 5) is 28.5. The summed E-state index contributed by atoms with van der Waals surface area (Å²) in [5.74, 6) is -6.16. The number of allylic oxidation sites excluding steroid dienone is 2. The lowest BCUT2D eigenvalue weighted by atomic mass is 9.72. The summed E-state index contributed by atoms with van der Waals surface area (Å²) in [7, 11) is 0. The SMILES string of the molecule is CC(C)=CCC12Oc3cc(O)ccc3C1(O)Oc1cc(OC(=O)c3ccc(O)cc3O)c(C3=C[C@]4(C)C[C@H](C3)c3ccc(O)cc3O4)c(O)c1C2=O. The van der Waals surface area contributed by atoms with Crippen LogP contribution in [0.4, 0.5) is 0 Å². The van der Waals surface area contributed by atoms with Gasteiger partial charge in [0.25, 0.3) is 5.79 Å². The van der Waals surface area contributed by atoms with E-state index in [-0.39, 0.29) is 69.1 Å². The molecule has 0 aromatic heterocycles. The maximum absolute atomic E-state index is 14.9. The Balaban J connectivity index is 1.33. The minimum atomic E-state index is -2.45. The van der Waals surface area contributed by atoms with Gasteiger partial charge in [0.05, 0.1) is 11.1 Å². The normalized spacial score (nSPS) is 24.8. The molecule has 12 nitrogen and oxygen atoms in total. The Kier molecular flexibility index (Phi) is 7.10. The molecule has 8 rings (SSSR count). The van der Waals surface area contributed by atoms with Crippen LogP contribution in [0.2, 0.25) is 0 Å². The number of fused-ring (bicyclic) bond motifs is 8. The van der Waals surface area contributed by atoms with Gasteiger partial charge < -0.3 is 49.6 Å². The fourth-order valence-corrected chi connectivity index (χ4v) is 7.81. The first-order chi connectivity index (χ1) is 24.6. The number of hydrogen-bond donors (Lipinski definition) is 6. The molecule has 52 heavy (non-hydrogen) atoms. The molecule has 266 valence electrons. The summed E-state index contributed by atoms with van der Waals surface area (Å²) < 4.78 is 24.7. The second-order valence-corrected chi connectivity index (χ2v) is 14.1. The van der Waals surface area contributed by atoms with Crippen molar-refractivity contribution in [2.24, 2.45) is 0 Å². The van der Waals surface area contributed by atoms with Crippen LogP contribution in [0.1, 0.15) is 83.4 Å². The molecule has 1 aliphatic carbocycles. The average Bonchev–Trinajstić information content (AvgIpc) is 3.30. The summed E-state index contributed by atoms with van der Waals surface area (Å²) in [6, 6.07) is 13.3. The number of phenols is 5.